The van der Waals surface area contributed by atoms with Crippen LogP contribution >= 0.6 is 23.2 Å². The zero-order valence-electron chi connectivity index (χ0n) is 16.8. The SMILES string of the molecule is CCC1CC(C(=O)NC2c3ccc(Cl)cc3Oc3cccc(Cl)c32)C(=O)NC1C(F)(F)F. The Morgan fingerprint density at radius 2 is 1.97 bits per heavy atom. The minimum Gasteiger partial charge on any atom is -0.456 e. The van der Waals surface area contributed by atoms with Gasteiger partial charge in [0.05, 0.1) is 6.04 Å². The Balaban J connectivity index is 1.65. The number of benzene rings is 2. The highest BCUT2D eigenvalue weighted by Crippen LogP contribution is 2.46. The molecule has 4 unspecified atom stereocenters. The fourth-order valence-corrected chi connectivity index (χ4v) is 4.72. The molecule has 2 aromatic carbocycles. The molecule has 1 saturated heterocycles. The molecule has 2 aliphatic rings. The highest BCUT2D eigenvalue weighted by molar-refractivity contribution is 6.32. The van der Waals surface area contributed by atoms with Crippen LogP contribution in [0.1, 0.15) is 36.9 Å². The lowest BCUT2D eigenvalue weighted by atomic mass is 9.81. The lowest BCUT2D eigenvalue weighted by molar-refractivity contribution is -0.182. The van der Waals surface area contributed by atoms with Crippen molar-refractivity contribution >= 4 is 35.0 Å². The zero-order valence-corrected chi connectivity index (χ0v) is 18.3. The van der Waals surface area contributed by atoms with Crippen LogP contribution < -0.4 is 15.4 Å². The predicted molar refractivity (Wildman–Crippen MR) is 113 cm³/mol. The summed E-state index contributed by atoms with van der Waals surface area (Å²) < 4.78 is 45.8. The highest BCUT2D eigenvalue weighted by atomic mass is 35.5. The van der Waals surface area contributed by atoms with Crippen LogP contribution in [0.5, 0.6) is 11.5 Å². The molecular weight excluding hydrogens is 468 g/mol. The number of ether oxygens (including phenoxy) is 1. The van der Waals surface area contributed by atoms with Crippen molar-refractivity contribution in [2.75, 3.05) is 0 Å². The van der Waals surface area contributed by atoms with Crippen LogP contribution in [0, 0.1) is 11.8 Å². The Morgan fingerprint density at radius 1 is 1.22 bits per heavy atom. The molecule has 0 radical (unpaired) electrons. The number of halogens is 5. The Bertz CT molecular complexity index is 1080. The minimum atomic E-state index is -4.58. The van der Waals surface area contributed by atoms with Gasteiger partial charge in [0, 0.05) is 21.2 Å². The molecule has 4 atom stereocenters. The van der Waals surface area contributed by atoms with Gasteiger partial charge in [0.1, 0.15) is 23.5 Å². The van der Waals surface area contributed by atoms with Gasteiger partial charge in [-0.1, -0.05) is 48.7 Å². The molecule has 0 aromatic heterocycles. The van der Waals surface area contributed by atoms with Crippen LogP contribution in [0.3, 0.4) is 0 Å². The van der Waals surface area contributed by atoms with Gasteiger partial charge in [-0.15, -0.1) is 0 Å². The molecular formula is C22H19Cl2F3N2O3. The first kappa shape index (κ1) is 22.7. The molecule has 0 bridgehead atoms. The first-order chi connectivity index (χ1) is 15.1. The smallest absolute Gasteiger partial charge is 0.408 e. The number of piperidine rings is 1. The Labute approximate surface area is 192 Å². The van der Waals surface area contributed by atoms with Crippen molar-refractivity contribution in [2.24, 2.45) is 11.8 Å². The molecule has 0 aliphatic carbocycles. The van der Waals surface area contributed by atoms with Gasteiger partial charge < -0.3 is 15.4 Å². The lowest BCUT2D eigenvalue weighted by Crippen LogP contribution is -2.58. The summed E-state index contributed by atoms with van der Waals surface area (Å²) in [5, 5.41) is 5.56. The van der Waals surface area contributed by atoms with Crippen LogP contribution in [0.4, 0.5) is 13.2 Å². The average molecular weight is 487 g/mol. The number of fused-ring (bicyclic) bond motifs is 2. The molecule has 0 saturated carbocycles. The van der Waals surface area contributed by atoms with Gasteiger partial charge in [-0.2, -0.15) is 13.2 Å². The van der Waals surface area contributed by atoms with Crippen LogP contribution in [-0.4, -0.2) is 24.0 Å². The summed E-state index contributed by atoms with van der Waals surface area (Å²) in [6.07, 6.45) is -4.62. The van der Waals surface area contributed by atoms with E-state index in [4.69, 9.17) is 27.9 Å². The molecule has 0 spiro atoms. The van der Waals surface area contributed by atoms with Crippen molar-refractivity contribution in [1.29, 1.82) is 0 Å². The third kappa shape index (κ3) is 4.13. The third-order valence-corrected chi connectivity index (χ3v) is 6.48. The Hall–Kier alpha value is -2.45. The molecule has 32 heavy (non-hydrogen) atoms. The van der Waals surface area contributed by atoms with E-state index >= 15 is 0 Å². The molecule has 2 heterocycles. The molecule has 1 fully saturated rings. The molecule has 2 N–H and O–H groups in total. The van der Waals surface area contributed by atoms with Gasteiger partial charge >= 0.3 is 6.18 Å². The number of hydrogen-bond donors (Lipinski definition) is 2. The summed E-state index contributed by atoms with van der Waals surface area (Å²) in [6, 6.07) is 7.16. The number of carbonyl (C=O) groups is 2. The second-order valence-electron chi connectivity index (χ2n) is 7.86. The van der Waals surface area contributed by atoms with Crippen LogP contribution in [0.25, 0.3) is 0 Å². The van der Waals surface area contributed by atoms with E-state index in [2.05, 4.69) is 5.32 Å². The first-order valence-electron chi connectivity index (χ1n) is 10.0. The van der Waals surface area contributed by atoms with Crippen LogP contribution in [-0.2, 0) is 9.59 Å². The van der Waals surface area contributed by atoms with E-state index in [0.717, 1.165) is 0 Å². The van der Waals surface area contributed by atoms with E-state index in [1.54, 1.807) is 43.3 Å². The predicted octanol–water partition coefficient (Wildman–Crippen LogP) is 5.40. The lowest BCUT2D eigenvalue weighted by Gasteiger charge is -2.37. The molecule has 2 amide bonds. The van der Waals surface area contributed by atoms with Gasteiger partial charge in [0.2, 0.25) is 11.8 Å². The highest BCUT2D eigenvalue weighted by Gasteiger charge is 2.51. The van der Waals surface area contributed by atoms with Crippen molar-refractivity contribution < 1.29 is 27.5 Å². The number of rotatable bonds is 3. The fourth-order valence-electron chi connectivity index (χ4n) is 4.28. The second kappa shape index (κ2) is 8.48. The molecule has 2 aromatic rings. The van der Waals surface area contributed by atoms with Crippen molar-refractivity contribution in [3.63, 3.8) is 0 Å². The number of amides is 2. The van der Waals surface area contributed by atoms with Gasteiger partial charge in [-0.3, -0.25) is 9.59 Å². The quantitative estimate of drug-likeness (QED) is 0.570. The monoisotopic (exact) mass is 486 g/mol. The van der Waals surface area contributed by atoms with E-state index < -0.39 is 41.9 Å². The summed E-state index contributed by atoms with van der Waals surface area (Å²) in [5.74, 6) is -2.97. The molecule has 170 valence electrons. The van der Waals surface area contributed by atoms with E-state index in [-0.39, 0.29) is 12.8 Å². The largest absolute Gasteiger partial charge is 0.456 e. The summed E-state index contributed by atoms with van der Waals surface area (Å²) >= 11 is 12.5. The number of alkyl halides is 3. The van der Waals surface area contributed by atoms with Gasteiger partial charge in [0.15, 0.2) is 0 Å². The van der Waals surface area contributed by atoms with Gasteiger partial charge in [0.25, 0.3) is 0 Å². The standard InChI is InChI=1S/C22H19Cl2F3N2O3/c1-2-10-8-13(21(31)29-19(10)22(25,26)27)20(30)28-18-12-7-6-11(23)9-16(12)32-15-5-3-4-14(24)17(15)18/h3-7,9-10,13,18-19H,2,8H2,1H3,(H,28,30)(H,29,31). The van der Waals surface area contributed by atoms with Crippen molar-refractivity contribution in [3.8, 4) is 11.5 Å². The normalized spacial score (nSPS) is 24.6. The fraction of sp³-hybridized carbons (Fsp3) is 0.364. The maximum absolute atomic E-state index is 13.3. The van der Waals surface area contributed by atoms with Gasteiger partial charge in [-0.05, 0) is 36.6 Å². The molecule has 10 heteroatoms. The average Bonchev–Trinajstić information content (AvgIpc) is 2.72. The van der Waals surface area contributed by atoms with Crippen molar-refractivity contribution in [3.05, 3.63) is 57.6 Å². The zero-order chi connectivity index (χ0) is 23.2. The van der Waals surface area contributed by atoms with E-state index in [9.17, 15) is 22.8 Å². The second-order valence-corrected chi connectivity index (χ2v) is 8.71. The number of carbonyl (C=O) groups excluding carboxylic acids is 2. The summed E-state index contributed by atoms with van der Waals surface area (Å²) in [7, 11) is 0. The minimum absolute atomic E-state index is 0.168. The summed E-state index contributed by atoms with van der Waals surface area (Å²) in [4.78, 5) is 25.6. The Morgan fingerprint density at radius 3 is 2.66 bits per heavy atom. The maximum atomic E-state index is 13.3. The van der Waals surface area contributed by atoms with Crippen molar-refractivity contribution in [2.45, 2.75) is 38.0 Å². The molecule has 2 aliphatic heterocycles. The topological polar surface area (TPSA) is 67.4 Å². The van der Waals surface area contributed by atoms with Gasteiger partial charge in [-0.25, -0.2) is 0 Å². The summed E-state index contributed by atoms with van der Waals surface area (Å²) in [5.41, 5.74) is 1.06. The van der Waals surface area contributed by atoms with E-state index in [1.807, 2.05) is 5.32 Å². The van der Waals surface area contributed by atoms with Crippen molar-refractivity contribution in [1.82, 2.24) is 10.6 Å². The summed E-state index contributed by atoms with van der Waals surface area (Å²) in [6.45, 7) is 1.60. The third-order valence-electron chi connectivity index (χ3n) is 5.91. The van der Waals surface area contributed by atoms with E-state index in [1.165, 1.54) is 0 Å². The molecule has 5 nitrogen and oxygen atoms in total. The first-order valence-corrected chi connectivity index (χ1v) is 10.8. The van der Waals surface area contributed by atoms with Crippen LogP contribution in [0.15, 0.2) is 36.4 Å². The van der Waals surface area contributed by atoms with Crippen LogP contribution in [0.2, 0.25) is 10.0 Å². The molecule has 4 rings (SSSR count). The number of nitrogens with one attached hydrogen (secondary N) is 2. The van der Waals surface area contributed by atoms with E-state index in [0.29, 0.717) is 32.7 Å². The Kier molecular flexibility index (Phi) is 6.02. The number of hydrogen-bond acceptors (Lipinski definition) is 3. The maximum Gasteiger partial charge on any atom is 0.408 e.